The quantitative estimate of drug-likeness (QED) is 0.471. The summed E-state index contributed by atoms with van der Waals surface area (Å²) in [5.41, 5.74) is 1.13. The van der Waals surface area contributed by atoms with E-state index in [0.717, 1.165) is 37.7 Å². The lowest BCUT2D eigenvalue weighted by Gasteiger charge is -2.05. The first-order valence-electron chi connectivity index (χ1n) is 8.22. The summed E-state index contributed by atoms with van der Waals surface area (Å²) >= 11 is 0. The molecule has 0 amide bonds. The van der Waals surface area contributed by atoms with Gasteiger partial charge in [0.25, 0.3) is 0 Å². The molecule has 3 heteroatoms. The highest BCUT2D eigenvalue weighted by Crippen LogP contribution is 2.26. The summed E-state index contributed by atoms with van der Waals surface area (Å²) in [5.74, 6) is 0.914. The maximum absolute atomic E-state index is 11.6. The van der Waals surface area contributed by atoms with Crippen molar-refractivity contribution in [3.05, 3.63) is 35.9 Å². The third kappa shape index (κ3) is 7.30. The number of carbonyl (C=O) groups is 1. The number of allylic oxidation sites excluding steroid dienone is 2. The van der Waals surface area contributed by atoms with Crippen LogP contribution < -0.4 is 4.74 Å². The number of aromatic hydroxyl groups is 1. The van der Waals surface area contributed by atoms with E-state index in [1.165, 1.54) is 12.8 Å². The Morgan fingerprint density at radius 3 is 2.77 bits per heavy atom. The summed E-state index contributed by atoms with van der Waals surface area (Å²) < 4.78 is 5.09. The summed E-state index contributed by atoms with van der Waals surface area (Å²) in [5, 5.41) is 9.54. The van der Waals surface area contributed by atoms with Crippen molar-refractivity contribution in [3.63, 3.8) is 0 Å². The summed E-state index contributed by atoms with van der Waals surface area (Å²) in [6.45, 7) is 2.17. The van der Waals surface area contributed by atoms with E-state index < -0.39 is 0 Å². The van der Waals surface area contributed by atoms with Crippen LogP contribution in [-0.4, -0.2) is 18.0 Å². The minimum atomic E-state index is 0.166. The predicted molar refractivity (Wildman–Crippen MR) is 90.5 cm³/mol. The van der Waals surface area contributed by atoms with Crippen LogP contribution in [0.4, 0.5) is 0 Å². The molecule has 122 valence electrons. The zero-order valence-corrected chi connectivity index (χ0v) is 13.8. The van der Waals surface area contributed by atoms with Crippen LogP contribution in [0.1, 0.15) is 57.4 Å². The highest BCUT2D eigenvalue weighted by atomic mass is 16.5. The molecule has 0 aromatic heterocycles. The van der Waals surface area contributed by atoms with Gasteiger partial charge in [-0.05, 0) is 49.5 Å². The summed E-state index contributed by atoms with van der Waals surface area (Å²) in [6.07, 6.45) is 11.7. The van der Waals surface area contributed by atoms with Crippen molar-refractivity contribution in [3.8, 4) is 11.5 Å². The number of carbonyl (C=O) groups excluding carboxylic acids is 1. The number of methoxy groups -OCH3 is 1. The van der Waals surface area contributed by atoms with Crippen LogP contribution in [0, 0.1) is 0 Å². The van der Waals surface area contributed by atoms with Crippen LogP contribution in [0.15, 0.2) is 30.4 Å². The molecule has 0 spiro atoms. The lowest BCUT2D eigenvalue weighted by atomic mass is 10.1. The molecule has 0 aliphatic carbocycles. The van der Waals surface area contributed by atoms with Crippen LogP contribution in [-0.2, 0) is 11.2 Å². The van der Waals surface area contributed by atoms with Gasteiger partial charge in [0.05, 0.1) is 7.11 Å². The molecule has 0 atom stereocenters. The van der Waals surface area contributed by atoms with E-state index in [0.29, 0.717) is 12.2 Å². The molecule has 0 heterocycles. The number of rotatable bonds is 11. The molecule has 1 N–H and O–H groups in total. The van der Waals surface area contributed by atoms with E-state index in [1.807, 2.05) is 18.2 Å². The predicted octanol–water partition coefficient (Wildman–Crippen LogP) is 4.82. The minimum absolute atomic E-state index is 0.166. The Labute approximate surface area is 134 Å². The Morgan fingerprint density at radius 2 is 2.05 bits per heavy atom. The van der Waals surface area contributed by atoms with Gasteiger partial charge in [-0.1, -0.05) is 38.3 Å². The fourth-order valence-corrected chi connectivity index (χ4v) is 2.33. The van der Waals surface area contributed by atoms with E-state index in [9.17, 15) is 9.90 Å². The van der Waals surface area contributed by atoms with Gasteiger partial charge in [0, 0.05) is 6.42 Å². The maximum Gasteiger partial charge on any atom is 0.160 e. The van der Waals surface area contributed by atoms with E-state index in [1.54, 1.807) is 19.3 Å². The molecule has 1 rings (SSSR count). The molecular formula is C19H28O3. The molecule has 3 nitrogen and oxygen atoms in total. The first kappa shape index (κ1) is 18.3. The van der Waals surface area contributed by atoms with Crippen molar-refractivity contribution in [2.24, 2.45) is 0 Å². The monoisotopic (exact) mass is 304 g/mol. The van der Waals surface area contributed by atoms with Crippen LogP contribution in [0.3, 0.4) is 0 Å². The standard InChI is InChI=1S/C19H28O3/c1-3-4-5-8-11-17(20)12-9-6-7-10-16-13-14-18(21)19(15-16)22-2/h9,12-15,21H,3-8,10-11H2,1-2H3. The van der Waals surface area contributed by atoms with Gasteiger partial charge in [-0.3, -0.25) is 4.79 Å². The number of ketones is 1. The third-order valence-electron chi connectivity index (χ3n) is 3.66. The second-order valence-electron chi connectivity index (χ2n) is 5.58. The van der Waals surface area contributed by atoms with Crippen molar-refractivity contribution in [2.75, 3.05) is 7.11 Å². The van der Waals surface area contributed by atoms with Crippen molar-refractivity contribution in [1.82, 2.24) is 0 Å². The summed E-state index contributed by atoms with van der Waals surface area (Å²) in [4.78, 5) is 11.6. The zero-order valence-electron chi connectivity index (χ0n) is 13.8. The summed E-state index contributed by atoms with van der Waals surface area (Å²) in [6, 6.07) is 5.42. The topological polar surface area (TPSA) is 46.5 Å². The number of hydrogen-bond acceptors (Lipinski definition) is 3. The van der Waals surface area contributed by atoms with E-state index in [4.69, 9.17) is 4.74 Å². The van der Waals surface area contributed by atoms with Gasteiger partial charge in [-0.25, -0.2) is 0 Å². The highest BCUT2D eigenvalue weighted by molar-refractivity contribution is 5.89. The first-order chi connectivity index (χ1) is 10.7. The Hall–Kier alpha value is -1.77. The average Bonchev–Trinajstić information content (AvgIpc) is 2.52. The van der Waals surface area contributed by atoms with E-state index in [2.05, 4.69) is 6.92 Å². The molecule has 22 heavy (non-hydrogen) atoms. The van der Waals surface area contributed by atoms with Gasteiger partial charge in [0.2, 0.25) is 0 Å². The number of ether oxygens (including phenoxy) is 1. The van der Waals surface area contributed by atoms with Crippen molar-refractivity contribution < 1.29 is 14.6 Å². The normalized spacial score (nSPS) is 11.0. The van der Waals surface area contributed by atoms with Crippen molar-refractivity contribution in [2.45, 2.75) is 58.3 Å². The lowest BCUT2D eigenvalue weighted by molar-refractivity contribution is -0.114. The largest absolute Gasteiger partial charge is 0.504 e. The van der Waals surface area contributed by atoms with E-state index in [-0.39, 0.29) is 11.5 Å². The SMILES string of the molecule is CCCCCCC(=O)C=CCCCc1ccc(O)c(OC)c1. The van der Waals surface area contributed by atoms with Gasteiger partial charge in [0.15, 0.2) is 17.3 Å². The molecule has 1 aromatic rings. The molecule has 1 aromatic carbocycles. The zero-order chi connectivity index (χ0) is 16.2. The molecule has 0 unspecified atom stereocenters. The van der Waals surface area contributed by atoms with Crippen molar-refractivity contribution >= 4 is 5.78 Å². The fourth-order valence-electron chi connectivity index (χ4n) is 2.33. The Kier molecular flexibility index (Phi) is 9.04. The number of unbranched alkanes of at least 4 members (excludes halogenated alkanes) is 4. The fraction of sp³-hybridized carbons (Fsp3) is 0.526. The molecule has 0 radical (unpaired) electrons. The second kappa shape index (κ2) is 10.9. The van der Waals surface area contributed by atoms with Crippen molar-refractivity contribution in [1.29, 1.82) is 0 Å². The molecular weight excluding hydrogens is 276 g/mol. The molecule has 0 saturated heterocycles. The summed E-state index contributed by atoms with van der Waals surface area (Å²) in [7, 11) is 1.55. The van der Waals surface area contributed by atoms with Crippen LogP contribution >= 0.6 is 0 Å². The van der Waals surface area contributed by atoms with Gasteiger partial charge >= 0.3 is 0 Å². The van der Waals surface area contributed by atoms with E-state index >= 15 is 0 Å². The van der Waals surface area contributed by atoms with Crippen LogP contribution in [0.2, 0.25) is 0 Å². The third-order valence-corrected chi connectivity index (χ3v) is 3.66. The minimum Gasteiger partial charge on any atom is -0.504 e. The van der Waals surface area contributed by atoms with Gasteiger partial charge in [0.1, 0.15) is 0 Å². The Balaban J connectivity index is 2.21. The number of phenolic OH excluding ortho intramolecular Hbond substituents is 1. The molecule has 0 bridgehead atoms. The number of phenols is 1. The number of aryl methyl sites for hydroxylation is 1. The van der Waals surface area contributed by atoms with Crippen LogP contribution in [0.25, 0.3) is 0 Å². The molecule has 0 fully saturated rings. The second-order valence-corrected chi connectivity index (χ2v) is 5.58. The smallest absolute Gasteiger partial charge is 0.160 e. The lowest BCUT2D eigenvalue weighted by Crippen LogP contribution is -1.92. The molecule has 0 aliphatic heterocycles. The van der Waals surface area contributed by atoms with Gasteiger partial charge in [-0.2, -0.15) is 0 Å². The van der Waals surface area contributed by atoms with Crippen LogP contribution in [0.5, 0.6) is 11.5 Å². The average molecular weight is 304 g/mol. The maximum atomic E-state index is 11.6. The number of hydrogen-bond donors (Lipinski definition) is 1. The molecule has 0 saturated carbocycles. The van der Waals surface area contributed by atoms with Gasteiger partial charge in [-0.15, -0.1) is 0 Å². The Morgan fingerprint density at radius 1 is 1.23 bits per heavy atom. The highest BCUT2D eigenvalue weighted by Gasteiger charge is 2.02. The Bertz CT molecular complexity index is 478. The first-order valence-corrected chi connectivity index (χ1v) is 8.22. The number of benzene rings is 1. The molecule has 0 aliphatic rings. The van der Waals surface area contributed by atoms with Gasteiger partial charge < -0.3 is 9.84 Å².